The number of imidazole rings is 1. The molecule has 0 fully saturated rings. The first-order valence-electron chi connectivity index (χ1n) is 5.11. The van der Waals surface area contributed by atoms with Crippen molar-refractivity contribution in [2.24, 2.45) is 0 Å². The number of H-pyrrole nitrogens is 1. The van der Waals surface area contributed by atoms with Crippen molar-refractivity contribution >= 4 is 23.2 Å². The molecular formula is C10H10N4O3S. The van der Waals surface area contributed by atoms with Gasteiger partial charge in [0.05, 0.1) is 6.33 Å². The van der Waals surface area contributed by atoms with E-state index in [1.165, 1.54) is 5.38 Å². The fourth-order valence-electron chi connectivity index (χ4n) is 1.28. The van der Waals surface area contributed by atoms with Crippen molar-refractivity contribution in [3.63, 3.8) is 0 Å². The molecule has 0 aromatic carbocycles. The third-order valence-electron chi connectivity index (χ3n) is 2.15. The minimum absolute atomic E-state index is 0.112. The molecule has 0 bridgehead atoms. The summed E-state index contributed by atoms with van der Waals surface area (Å²) in [6, 6.07) is 0. The molecule has 0 aliphatic carbocycles. The van der Waals surface area contributed by atoms with E-state index in [0.29, 0.717) is 13.0 Å². The summed E-state index contributed by atoms with van der Waals surface area (Å²) in [6.07, 6.45) is 3.87. The van der Waals surface area contributed by atoms with Crippen LogP contribution in [0.3, 0.4) is 0 Å². The topological polar surface area (TPSA) is 108 Å². The van der Waals surface area contributed by atoms with E-state index in [1.807, 2.05) is 0 Å². The molecule has 94 valence electrons. The van der Waals surface area contributed by atoms with Crippen LogP contribution in [0.2, 0.25) is 0 Å². The van der Waals surface area contributed by atoms with E-state index >= 15 is 0 Å². The standard InChI is InChI=1S/C10H10N4O3S/c15-8(9-14-7(4-18-9)10(16)17)12-2-1-6-3-11-5-13-6/h3-5H,1-2H2,(H,11,13)(H,12,15)(H,16,17). The molecule has 0 saturated carbocycles. The predicted octanol–water partition coefficient (Wildman–Crippen LogP) is 0.537. The summed E-state index contributed by atoms with van der Waals surface area (Å²) >= 11 is 1.01. The molecule has 2 aromatic heterocycles. The second-order valence-corrected chi connectivity index (χ2v) is 4.28. The number of thiazole rings is 1. The van der Waals surface area contributed by atoms with Crippen LogP contribution in [0.5, 0.6) is 0 Å². The summed E-state index contributed by atoms with van der Waals surface area (Å²) < 4.78 is 0. The van der Waals surface area contributed by atoms with Crippen LogP contribution in [0.15, 0.2) is 17.9 Å². The van der Waals surface area contributed by atoms with Gasteiger partial charge in [-0.25, -0.2) is 14.8 Å². The molecule has 3 N–H and O–H groups in total. The van der Waals surface area contributed by atoms with Crippen LogP contribution in [0.4, 0.5) is 0 Å². The fourth-order valence-corrected chi connectivity index (χ4v) is 1.99. The largest absolute Gasteiger partial charge is 0.476 e. The molecule has 2 aromatic rings. The summed E-state index contributed by atoms with van der Waals surface area (Å²) in [4.78, 5) is 32.7. The molecule has 0 spiro atoms. The number of hydrogen-bond acceptors (Lipinski definition) is 5. The van der Waals surface area contributed by atoms with Gasteiger partial charge in [-0.05, 0) is 0 Å². The highest BCUT2D eigenvalue weighted by Gasteiger charge is 2.14. The smallest absolute Gasteiger partial charge is 0.355 e. The third-order valence-corrected chi connectivity index (χ3v) is 2.99. The predicted molar refractivity (Wildman–Crippen MR) is 63.7 cm³/mol. The number of nitrogens with zero attached hydrogens (tertiary/aromatic N) is 2. The van der Waals surface area contributed by atoms with Gasteiger partial charge in [0.25, 0.3) is 5.91 Å². The Bertz CT molecular complexity index is 549. The first-order valence-corrected chi connectivity index (χ1v) is 5.99. The Morgan fingerprint density at radius 3 is 2.94 bits per heavy atom. The van der Waals surface area contributed by atoms with Gasteiger partial charge in [-0.1, -0.05) is 0 Å². The first kappa shape index (κ1) is 12.2. The van der Waals surface area contributed by atoms with Gasteiger partial charge < -0.3 is 15.4 Å². The average molecular weight is 266 g/mol. The number of hydrogen-bond donors (Lipinski definition) is 3. The molecule has 18 heavy (non-hydrogen) atoms. The lowest BCUT2D eigenvalue weighted by atomic mass is 10.3. The summed E-state index contributed by atoms with van der Waals surface area (Å²) in [5.74, 6) is -1.50. The van der Waals surface area contributed by atoms with E-state index in [-0.39, 0.29) is 16.6 Å². The van der Waals surface area contributed by atoms with Gasteiger partial charge >= 0.3 is 5.97 Å². The van der Waals surface area contributed by atoms with Gasteiger partial charge in [-0.15, -0.1) is 11.3 Å². The van der Waals surface area contributed by atoms with Crippen molar-refractivity contribution in [2.75, 3.05) is 6.54 Å². The maximum Gasteiger partial charge on any atom is 0.355 e. The number of carbonyl (C=O) groups excluding carboxylic acids is 1. The van der Waals surface area contributed by atoms with Gasteiger partial charge in [0.2, 0.25) is 0 Å². The highest BCUT2D eigenvalue weighted by Crippen LogP contribution is 2.09. The Labute approximate surface area is 106 Å². The van der Waals surface area contributed by atoms with E-state index < -0.39 is 5.97 Å². The van der Waals surface area contributed by atoms with Crippen LogP contribution in [0.1, 0.15) is 26.0 Å². The minimum atomic E-state index is -1.14. The Morgan fingerprint density at radius 1 is 1.50 bits per heavy atom. The van der Waals surface area contributed by atoms with Crippen molar-refractivity contribution in [3.8, 4) is 0 Å². The molecule has 8 heteroatoms. The number of amides is 1. The SMILES string of the molecule is O=C(O)c1csc(C(=O)NCCc2cnc[nH]2)n1. The molecular weight excluding hydrogens is 256 g/mol. The zero-order chi connectivity index (χ0) is 13.0. The first-order chi connectivity index (χ1) is 8.66. The zero-order valence-corrected chi connectivity index (χ0v) is 10.0. The molecule has 0 aliphatic heterocycles. The summed E-state index contributed by atoms with van der Waals surface area (Å²) in [7, 11) is 0. The van der Waals surface area contributed by atoms with Gasteiger partial charge in [0.1, 0.15) is 0 Å². The van der Waals surface area contributed by atoms with Crippen molar-refractivity contribution in [1.29, 1.82) is 0 Å². The normalized spacial score (nSPS) is 10.2. The maximum absolute atomic E-state index is 11.6. The maximum atomic E-state index is 11.6. The second kappa shape index (κ2) is 5.41. The Kier molecular flexibility index (Phi) is 3.68. The molecule has 2 heterocycles. The van der Waals surface area contributed by atoms with Crippen molar-refractivity contribution in [2.45, 2.75) is 6.42 Å². The summed E-state index contributed by atoms with van der Waals surface area (Å²) in [5, 5.41) is 12.8. The van der Waals surface area contributed by atoms with Gasteiger partial charge in [0, 0.05) is 30.2 Å². The van der Waals surface area contributed by atoms with Crippen molar-refractivity contribution in [3.05, 3.63) is 34.3 Å². The van der Waals surface area contributed by atoms with Gasteiger partial charge in [0.15, 0.2) is 10.7 Å². The van der Waals surface area contributed by atoms with E-state index in [9.17, 15) is 9.59 Å². The summed E-state index contributed by atoms with van der Waals surface area (Å²) in [5.41, 5.74) is 0.805. The number of rotatable bonds is 5. The quantitative estimate of drug-likeness (QED) is 0.732. The van der Waals surface area contributed by atoms with Gasteiger partial charge in [-0.3, -0.25) is 4.79 Å². The van der Waals surface area contributed by atoms with Crippen LogP contribution < -0.4 is 5.32 Å². The highest BCUT2D eigenvalue weighted by molar-refractivity contribution is 7.11. The highest BCUT2D eigenvalue weighted by atomic mass is 32.1. The minimum Gasteiger partial charge on any atom is -0.476 e. The van der Waals surface area contributed by atoms with Crippen LogP contribution >= 0.6 is 11.3 Å². The lowest BCUT2D eigenvalue weighted by molar-refractivity contribution is 0.0691. The number of carbonyl (C=O) groups is 2. The molecule has 0 unspecified atom stereocenters. The number of aromatic amines is 1. The van der Waals surface area contributed by atoms with Crippen molar-refractivity contribution in [1.82, 2.24) is 20.3 Å². The zero-order valence-electron chi connectivity index (χ0n) is 9.21. The average Bonchev–Trinajstić information content (AvgIpc) is 2.99. The number of carboxylic acids is 1. The molecule has 0 atom stereocenters. The monoisotopic (exact) mass is 266 g/mol. The van der Waals surface area contributed by atoms with E-state index in [1.54, 1.807) is 12.5 Å². The lowest BCUT2D eigenvalue weighted by Crippen LogP contribution is -2.25. The molecule has 0 aliphatic rings. The number of aromatic carboxylic acids is 1. The number of aromatic nitrogens is 3. The van der Waals surface area contributed by atoms with Crippen LogP contribution in [0, 0.1) is 0 Å². The van der Waals surface area contributed by atoms with Gasteiger partial charge in [-0.2, -0.15) is 0 Å². The second-order valence-electron chi connectivity index (χ2n) is 3.43. The summed E-state index contributed by atoms with van der Waals surface area (Å²) in [6.45, 7) is 0.434. The lowest BCUT2D eigenvalue weighted by Gasteiger charge is -2.00. The fraction of sp³-hybridized carbons (Fsp3) is 0.200. The molecule has 1 amide bonds. The molecule has 2 rings (SSSR count). The molecule has 0 radical (unpaired) electrons. The van der Waals surface area contributed by atoms with E-state index in [2.05, 4.69) is 20.3 Å². The van der Waals surface area contributed by atoms with E-state index in [0.717, 1.165) is 17.0 Å². The Hall–Kier alpha value is -2.22. The number of carboxylic acid groups (broad SMARTS) is 1. The van der Waals surface area contributed by atoms with Crippen LogP contribution in [-0.4, -0.2) is 38.5 Å². The number of nitrogens with one attached hydrogen (secondary N) is 2. The Balaban J connectivity index is 1.85. The molecule has 0 saturated heterocycles. The van der Waals surface area contributed by atoms with Crippen molar-refractivity contribution < 1.29 is 14.7 Å². The molecule has 7 nitrogen and oxygen atoms in total. The third kappa shape index (κ3) is 2.92. The van der Waals surface area contributed by atoms with E-state index in [4.69, 9.17) is 5.11 Å². The van der Waals surface area contributed by atoms with Crippen LogP contribution in [0.25, 0.3) is 0 Å². The Morgan fingerprint density at radius 2 is 2.33 bits per heavy atom. The van der Waals surface area contributed by atoms with Crippen LogP contribution in [-0.2, 0) is 6.42 Å².